The number of aromatic nitrogens is 2. The molecular weight excluding hydrogens is 692 g/mol. The van der Waals surface area contributed by atoms with E-state index in [4.69, 9.17) is 16.3 Å². The standard InChI is InChI=1S/C37H42ClFN7O4P/c1-45(22-23-9-11-26(29(39)19-23)27-12-14-34(47)43-36(27)48)24-15-17-46(18-16-24)25-10-13-30(32(20-25)50-2)42-37-40-21-28(38)35(44-37)41-31-7-5-6-8-33(31)51(3,4)49/h5-11,13,19-21,24,27H,12,14-18,22H2,1-4H3,(H,43,47,48)(H2,40,41,42,44). The highest BCUT2D eigenvalue weighted by Gasteiger charge is 2.30. The summed E-state index contributed by atoms with van der Waals surface area (Å²) in [4.78, 5) is 37.3. The molecule has 0 spiro atoms. The maximum Gasteiger partial charge on any atom is 0.234 e. The average molecular weight is 734 g/mol. The number of nitrogens with one attached hydrogen (secondary N) is 3. The number of halogens is 2. The zero-order chi connectivity index (χ0) is 36.3. The number of hydrogen-bond donors (Lipinski definition) is 3. The van der Waals surface area contributed by atoms with E-state index in [0.29, 0.717) is 63.8 Å². The lowest BCUT2D eigenvalue weighted by molar-refractivity contribution is -0.134. The number of carbonyl (C=O) groups is 2. The van der Waals surface area contributed by atoms with E-state index in [9.17, 15) is 14.2 Å². The number of methoxy groups -OCH3 is 1. The molecule has 14 heteroatoms. The molecule has 0 radical (unpaired) electrons. The monoisotopic (exact) mass is 733 g/mol. The van der Waals surface area contributed by atoms with Crippen LogP contribution in [0.2, 0.25) is 5.02 Å². The van der Waals surface area contributed by atoms with Gasteiger partial charge in [-0.25, -0.2) is 9.37 Å². The Bertz CT molecular complexity index is 1980. The van der Waals surface area contributed by atoms with Crippen molar-refractivity contribution >= 4 is 64.7 Å². The molecule has 2 saturated heterocycles. The van der Waals surface area contributed by atoms with Crippen LogP contribution in [0.3, 0.4) is 0 Å². The number of amides is 2. The zero-order valence-corrected chi connectivity index (χ0v) is 30.7. The van der Waals surface area contributed by atoms with Crippen LogP contribution in [0.5, 0.6) is 5.75 Å². The summed E-state index contributed by atoms with van der Waals surface area (Å²) in [7, 11) is 1.12. The third kappa shape index (κ3) is 8.52. The molecule has 3 heterocycles. The van der Waals surface area contributed by atoms with Crippen LogP contribution < -0.4 is 30.9 Å². The summed E-state index contributed by atoms with van der Waals surface area (Å²) in [5.74, 6) is -0.476. The third-order valence-electron chi connectivity index (χ3n) is 9.48. The van der Waals surface area contributed by atoms with E-state index in [1.807, 2.05) is 48.5 Å². The van der Waals surface area contributed by atoms with Gasteiger partial charge in [0.25, 0.3) is 0 Å². The summed E-state index contributed by atoms with van der Waals surface area (Å²) in [6.07, 6.45) is 3.90. The van der Waals surface area contributed by atoms with Gasteiger partial charge in [0.2, 0.25) is 17.8 Å². The van der Waals surface area contributed by atoms with E-state index in [0.717, 1.165) is 37.2 Å². The molecule has 1 atom stereocenters. The molecule has 3 aromatic carbocycles. The number of ether oxygens (including phenoxy) is 1. The molecule has 268 valence electrons. The van der Waals surface area contributed by atoms with Gasteiger partial charge >= 0.3 is 0 Å². The molecule has 2 aliphatic heterocycles. The number of hydrogen-bond acceptors (Lipinski definition) is 10. The molecule has 2 fully saturated rings. The van der Waals surface area contributed by atoms with Gasteiger partial charge in [-0.15, -0.1) is 0 Å². The van der Waals surface area contributed by atoms with Crippen LogP contribution >= 0.6 is 18.7 Å². The van der Waals surface area contributed by atoms with Crippen LogP contribution in [-0.2, 0) is 20.7 Å². The van der Waals surface area contributed by atoms with Gasteiger partial charge in [0.1, 0.15) is 23.7 Å². The van der Waals surface area contributed by atoms with Gasteiger partial charge in [-0.05, 0) is 75.5 Å². The Kier molecular flexibility index (Phi) is 10.9. The molecule has 0 aliphatic carbocycles. The van der Waals surface area contributed by atoms with Crippen LogP contribution in [0.4, 0.5) is 33.2 Å². The summed E-state index contributed by atoms with van der Waals surface area (Å²) in [5.41, 5.74) is 3.56. The fraction of sp³-hybridized carbons (Fsp3) is 0.351. The lowest BCUT2D eigenvalue weighted by atomic mass is 9.89. The van der Waals surface area contributed by atoms with Crippen molar-refractivity contribution in [3.8, 4) is 5.75 Å². The van der Waals surface area contributed by atoms with Gasteiger partial charge in [0, 0.05) is 54.7 Å². The van der Waals surface area contributed by atoms with Crippen molar-refractivity contribution in [2.45, 2.75) is 44.2 Å². The van der Waals surface area contributed by atoms with E-state index in [1.54, 1.807) is 26.5 Å². The predicted molar refractivity (Wildman–Crippen MR) is 200 cm³/mol. The van der Waals surface area contributed by atoms with Crippen LogP contribution in [0.25, 0.3) is 0 Å². The summed E-state index contributed by atoms with van der Waals surface area (Å²) < 4.78 is 33.7. The zero-order valence-electron chi connectivity index (χ0n) is 29.1. The fourth-order valence-electron chi connectivity index (χ4n) is 6.72. The molecule has 4 aromatic rings. The maximum atomic E-state index is 15.1. The lowest BCUT2D eigenvalue weighted by Crippen LogP contribution is -2.43. The first kappa shape index (κ1) is 36.3. The van der Waals surface area contributed by atoms with Gasteiger partial charge in [0.05, 0.1) is 30.6 Å². The molecule has 1 aromatic heterocycles. The summed E-state index contributed by atoms with van der Waals surface area (Å²) >= 11 is 6.44. The van der Waals surface area contributed by atoms with Crippen molar-refractivity contribution in [3.63, 3.8) is 0 Å². The number of para-hydroxylation sites is 1. The summed E-state index contributed by atoms with van der Waals surface area (Å²) in [6, 6.07) is 18.7. The number of anilines is 5. The summed E-state index contributed by atoms with van der Waals surface area (Å²) in [6.45, 7) is 5.70. The Morgan fingerprint density at radius 3 is 2.51 bits per heavy atom. The molecule has 1 unspecified atom stereocenters. The second-order valence-corrected chi connectivity index (χ2v) is 17.0. The van der Waals surface area contributed by atoms with Crippen LogP contribution in [0.15, 0.2) is 66.9 Å². The third-order valence-corrected chi connectivity index (χ3v) is 11.3. The number of piperidine rings is 2. The van der Waals surface area contributed by atoms with Crippen molar-refractivity contribution in [1.29, 1.82) is 0 Å². The topological polar surface area (TPSA) is 129 Å². The molecule has 6 rings (SSSR count). The maximum absolute atomic E-state index is 15.1. The number of benzene rings is 3. The van der Waals surface area contributed by atoms with Crippen LogP contribution in [0, 0.1) is 5.82 Å². The highest BCUT2D eigenvalue weighted by atomic mass is 35.5. The Hall–Kier alpha value is -4.51. The number of rotatable bonds is 11. The molecule has 0 saturated carbocycles. The largest absolute Gasteiger partial charge is 0.494 e. The van der Waals surface area contributed by atoms with Gasteiger partial charge in [-0.3, -0.25) is 19.8 Å². The van der Waals surface area contributed by atoms with Crippen LogP contribution in [-0.4, -0.2) is 73.3 Å². The molecule has 11 nitrogen and oxygen atoms in total. The Morgan fingerprint density at radius 2 is 1.80 bits per heavy atom. The Balaban J connectivity index is 1.06. The molecular formula is C37H42ClFN7O4P. The SMILES string of the molecule is COc1cc(N2CCC(N(C)Cc3ccc(C4CCC(=O)NC4=O)c(F)c3)CC2)ccc1Nc1ncc(Cl)c(Nc2ccccc2P(C)(C)=O)n1. The van der Waals surface area contributed by atoms with Crippen molar-refractivity contribution in [2.24, 2.45) is 0 Å². The van der Waals surface area contributed by atoms with E-state index >= 15 is 4.39 Å². The molecule has 2 aliphatic rings. The van der Waals surface area contributed by atoms with Crippen LogP contribution in [0.1, 0.15) is 42.7 Å². The van der Waals surface area contributed by atoms with Crippen molar-refractivity contribution < 1.29 is 23.3 Å². The number of nitrogens with zero attached hydrogens (tertiary/aromatic N) is 4. The van der Waals surface area contributed by atoms with Gasteiger partial charge < -0.3 is 24.8 Å². The van der Waals surface area contributed by atoms with Crippen molar-refractivity contribution in [2.75, 3.05) is 56.1 Å². The van der Waals surface area contributed by atoms with Gasteiger partial charge in [0.15, 0.2) is 5.82 Å². The summed E-state index contributed by atoms with van der Waals surface area (Å²) in [5, 5.41) is 9.80. The Morgan fingerprint density at radius 1 is 1.04 bits per heavy atom. The van der Waals surface area contributed by atoms with Gasteiger partial charge in [-0.1, -0.05) is 35.9 Å². The first-order valence-electron chi connectivity index (χ1n) is 16.9. The Labute approximate surface area is 302 Å². The second kappa shape index (κ2) is 15.4. The minimum atomic E-state index is -2.55. The van der Waals surface area contributed by atoms with Crippen molar-refractivity contribution in [1.82, 2.24) is 20.2 Å². The molecule has 51 heavy (non-hydrogen) atoms. The minimum absolute atomic E-state index is 0.214. The smallest absolute Gasteiger partial charge is 0.234 e. The first-order chi connectivity index (χ1) is 24.4. The first-order valence-corrected chi connectivity index (χ1v) is 19.8. The highest BCUT2D eigenvalue weighted by molar-refractivity contribution is 7.70. The van der Waals surface area contributed by atoms with E-state index < -0.39 is 24.8 Å². The van der Waals surface area contributed by atoms with Crippen molar-refractivity contribution in [3.05, 3.63) is 88.8 Å². The number of carbonyl (C=O) groups excluding carboxylic acids is 2. The highest BCUT2D eigenvalue weighted by Crippen LogP contribution is 2.39. The fourth-order valence-corrected chi connectivity index (χ4v) is 8.01. The predicted octanol–water partition coefficient (Wildman–Crippen LogP) is 6.63. The molecule has 0 bridgehead atoms. The minimum Gasteiger partial charge on any atom is -0.494 e. The van der Waals surface area contributed by atoms with E-state index in [1.165, 1.54) is 12.3 Å². The number of imide groups is 1. The van der Waals surface area contributed by atoms with Gasteiger partial charge in [-0.2, -0.15) is 4.98 Å². The average Bonchev–Trinajstić information content (AvgIpc) is 3.10. The lowest BCUT2D eigenvalue weighted by Gasteiger charge is -2.38. The second-order valence-electron chi connectivity index (χ2n) is 13.4. The van der Waals surface area contributed by atoms with E-state index in [-0.39, 0.29) is 12.3 Å². The van der Waals surface area contributed by atoms with E-state index in [2.05, 4.69) is 42.8 Å². The molecule has 2 amide bonds. The normalized spacial score (nSPS) is 17.0. The molecule has 3 N–H and O–H groups in total. The quantitative estimate of drug-likeness (QED) is 0.114.